The summed E-state index contributed by atoms with van der Waals surface area (Å²) in [4.78, 5) is 10.6. The number of hydrogen-bond acceptors (Lipinski definition) is 1. The van der Waals surface area contributed by atoms with Crippen molar-refractivity contribution in [2.75, 3.05) is 0 Å². The summed E-state index contributed by atoms with van der Waals surface area (Å²) in [5.41, 5.74) is 5.73. The summed E-state index contributed by atoms with van der Waals surface area (Å²) in [5, 5.41) is 0. The van der Waals surface area contributed by atoms with Crippen molar-refractivity contribution < 1.29 is 4.79 Å². The van der Waals surface area contributed by atoms with Gasteiger partial charge in [-0.3, -0.25) is 4.79 Å². The Morgan fingerprint density at radius 3 is 2.27 bits per heavy atom. The van der Waals surface area contributed by atoms with E-state index in [0.29, 0.717) is 12.0 Å². The van der Waals surface area contributed by atoms with Crippen molar-refractivity contribution in [1.82, 2.24) is 0 Å². The van der Waals surface area contributed by atoms with Crippen LogP contribution in [-0.2, 0) is 4.79 Å². The molecule has 0 saturated carbocycles. The van der Waals surface area contributed by atoms with Crippen LogP contribution in [0.25, 0.3) is 0 Å². The topological polar surface area (TPSA) is 43.1 Å². The van der Waals surface area contributed by atoms with Gasteiger partial charge in [0.1, 0.15) is 0 Å². The third kappa shape index (κ3) is 3.81. The van der Waals surface area contributed by atoms with Gasteiger partial charge in [-0.05, 0) is 11.8 Å². The van der Waals surface area contributed by atoms with Crippen molar-refractivity contribution in [3.8, 4) is 0 Å². The van der Waals surface area contributed by atoms with Crippen LogP contribution in [0.15, 0.2) is 12.2 Å². The molecule has 0 aliphatic rings. The number of carbonyl (C=O) groups is 1. The molecule has 0 bridgehead atoms. The van der Waals surface area contributed by atoms with Crippen LogP contribution in [0.5, 0.6) is 0 Å². The van der Waals surface area contributed by atoms with E-state index in [0.717, 1.165) is 6.42 Å². The van der Waals surface area contributed by atoms with Gasteiger partial charge >= 0.3 is 0 Å². The van der Waals surface area contributed by atoms with Gasteiger partial charge in [0, 0.05) is 5.57 Å². The van der Waals surface area contributed by atoms with Crippen LogP contribution in [0.3, 0.4) is 0 Å². The lowest BCUT2D eigenvalue weighted by Gasteiger charge is -2.22. The molecule has 64 valence electrons. The molecule has 0 radical (unpaired) electrons. The Labute approximate surface area is 68.5 Å². The maximum absolute atomic E-state index is 10.6. The van der Waals surface area contributed by atoms with Crippen LogP contribution >= 0.6 is 0 Å². The first-order valence-electron chi connectivity index (χ1n) is 3.86. The molecule has 0 aromatic heterocycles. The van der Waals surface area contributed by atoms with E-state index in [1.54, 1.807) is 0 Å². The SMILES string of the molecule is C=C(CC(C)(C)CC)C(N)=O. The third-order valence-corrected chi connectivity index (χ3v) is 2.00. The van der Waals surface area contributed by atoms with Gasteiger partial charge in [-0.15, -0.1) is 0 Å². The van der Waals surface area contributed by atoms with Crippen LogP contribution in [-0.4, -0.2) is 5.91 Å². The number of hydrogen-bond donors (Lipinski definition) is 1. The fourth-order valence-electron chi connectivity index (χ4n) is 0.790. The van der Waals surface area contributed by atoms with E-state index in [-0.39, 0.29) is 11.3 Å². The second-order valence-corrected chi connectivity index (χ2v) is 3.66. The molecule has 0 aromatic carbocycles. The first-order valence-corrected chi connectivity index (χ1v) is 3.86. The van der Waals surface area contributed by atoms with Crippen LogP contribution in [0.4, 0.5) is 0 Å². The molecule has 0 spiro atoms. The first-order chi connectivity index (χ1) is 4.89. The summed E-state index contributed by atoms with van der Waals surface area (Å²) in [5.74, 6) is -0.383. The standard InChI is InChI=1S/C9H17NO/c1-5-9(3,4)6-7(2)8(10)11/h2,5-6H2,1,3-4H3,(H2,10,11). The molecule has 2 heteroatoms. The molecular weight excluding hydrogens is 138 g/mol. The van der Waals surface area contributed by atoms with E-state index in [1.807, 2.05) is 0 Å². The van der Waals surface area contributed by atoms with Gasteiger partial charge in [-0.25, -0.2) is 0 Å². The monoisotopic (exact) mass is 155 g/mol. The molecule has 0 rings (SSSR count). The minimum absolute atomic E-state index is 0.145. The van der Waals surface area contributed by atoms with Gasteiger partial charge < -0.3 is 5.73 Å². The molecule has 2 N–H and O–H groups in total. The van der Waals surface area contributed by atoms with Gasteiger partial charge in [-0.1, -0.05) is 33.8 Å². The minimum Gasteiger partial charge on any atom is -0.366 e. The van der Waals surface area contributed by atoms with Crippen molar-refractivity contribution in [3.63, 3.8) is 0 Å². The van der Waals surface area contributed by atoms with E-state index in [1.165, 1.54) is 0 Å². The van der Waals surface area contributed by atoms with E-state index >= 15 is 0 Å². The highest BCUT2D eigenvalue weighted by Crippen LogP contribution is 2.27. The summed E-state index contributed by atoms with van der Waals surface area (Å²) in [6.07, 6.45) is 1.72. The Morgan fingerprint density at radius 2 is 2.00 bits per heavy atom. The summed E-state index contributed by atoms with van der Waals surface area (Å²) in [6.45, 7) is 9.90. The van der Waals surface area contributed by atoms with E-state index < -0.39 is 0 Å². The minimum atomic E-state index is -0.383. The van der Waals surface area contributed by atoms with Gasteiger partial charge in [0.05, 0.1) is 0 Å². The zero-order chi connectivity index (χ0) is 9.07. The van der Waals surface area contributed by atoms with E-state index in [4.69, 9.17) is 5.73 Å². The quantitative estimate of drug-likeness (QED) is 0.618. The Balaban J connectivity index is 4.04. The highest BCUT2D eigenvalue weighted by Gasteiger charge is 2.18. The zero-order valence-electron chi connectivity index (χ0n) is 7.61. The van der Waals surface area contributed by atoms with Crippen molar-refractivity contribution in [2.45, 2.75) is 33.6 Å². The van der Waals surface area contributed by atoms with E-state index in [9.17, 15) is 4.79 Å². The van der Waals surface area contributed by atoms with Gasteiger partial charge in [0.2, 0.25) is 5.91 Å². The van der Waals surface area contributed by atoms with Crippen molar-refractivity contribution in [1.29, 1.82) is 0 Å². The largest absolute Gasteiger partial charge is 0.366 e. The first kappa shape index (κ1) is 10.2. The Kier molecular flexibility index (Phi) is 3.30. The van der Waals surface area contributed by atoms with Gasteiger partial charge in [-0.2, -0.15) is 0 Å². The fraction of sp³-hybridized carbons (Fsp3) is 0.667. The van der Waals surface area contributed by atoms with Crippen LogP contribution in [0.2, 0.25) is 0 Å². The number of amides is 1. The predicted molar refractivity (Wildman–Crippen MR) is 47.0 cm³/mol. The Hall–Kier alpha value is -0.790. The molecule has 0 atom stereocenters. The molecule has 0 heterocycles. The zero-order valence-corrected chi connectivity index (χ0v) is 7.61. The second-order valence-electron chi connectivity index (χ2n) is 3.66. The lowest BCUT2D eigenvalue weighted by molar-refractivity contribution is -0.114. The maximum Gasteiger partial charge on any atom is 0.244 e. The van der Waals surface area contributed by atoms with E-state index in [2.05, 4.69) is 27.4 Å². The van der Waals surface area contributed by atoms with Crippen LogP contribution in [0, 0.1) is 5.41 Å². The summed E-state index contributed by atoms with van der Waals surface area (Å²) in [7, 11) is 0. The summed E-state index contributed by atoms with van der Waals surface area (Å²) in [6, 6.07) is 0. The molecule has 0 saturated heterocycles. The second kappa shape index (κ2) is 3.56. The summed E-state index contributed by atoms with van der Waals surface area (Å²) >= 11 is 0. The smallest absolute Gasteiger partial charge is 0.244 e. The molecule has 0 fully saturated rings. The lowest BCUT2D eigenvalue weighted by Crippen LogP contribution is -2.19. The van der Waals surface area contributed by atoms with Crippen molar-refractivity contribution >= 4 is 5.91 Å². The number of carbonyl (C=O) groups excluding carboxylic acids is 1. The Morgan fingerprint density at radius 1 is 1.55 bits per heavy atom. The predicted octanol–water partition coefficient (Wildman–Crippen LogP) is 1.85. The van der Waals surface area contributed by atoms with Crippen LogP contribution < -0.4 is 5.73 Å². The molecule has 11 heavy (non-hydrogen) atoms. The average Bonchev–Trinajstić information content (AvgIpc) is 1.87. The average molecular weight is 155 g/mol. The molecular formula is C9H17NO. The fourth-order valence-corrected chi connectivity index (χ4v) is 0.790. The highest BCUT2D eigenvalue weighted by atomic mass is 16.1. The Bertz CT molecular complexity index is 170. The molecule has 0 aromatic rings. The number of nitrogens with two attached hydrogens (primary N) is 1. The molecule has 0 aliphatic carbocycles. The molecule has 2 nitrogen and oxygen atoms in total. The van der Waals surface area contributed by atoms with Crippen molar-refractivity contribution in [3.05, 3.63) is 12.2 Å². The highest BCUT2D eigenvalue weighted by molar-refractivity contribution is 5.91. The van der Waals surface area contributed by atoms with Crippen molar-refractivity contribution in [2.24, 2.45) is 11.1 Å². The third-order valence-electron chi connectivity index (χ3n) is 2.00. The molecule has 0 unspecified atom stereocenters. The van der Waals surface area contributed by atoms with Gasteiger partial charge in [0.25, 0.3) is 0 Å². The number of rotatable bonds is 4. The lowest BCUT2D eigenvalue weighted by atomic mass is 9.83. The van der Waals surface area contributed by atoms with Gasteiger partial charge in [0.15, 0.2) is 0 Å². The maximum atomic E-state index is 10.6. The molecule has 1 amide bonds. The normalized spacial score (nSPS) is 11.2. The summed E-state index contributed by atoms with van der Waals surface area (Å²) < 4.78 is 0. The van der Waals surface area contributed by atoms with Crippen LogP contribution in [0.1, 0.15) is 33.6 Å². The number of primary amides is 1. The molecule has 0 aliphatic heterocycles.